The number of nitrogens with zero attached hydrogens (tertiary/aromatic N) is 2. The number of benzene rings is 1. The van der Waals surface area contributed by atoms with Crippen molar-refractivity contribution in [3.05, 3.63) is 24.3 Å². The number of carbonyl (C=O) groups is 1. The van der Waals surface area contributed by atoms with E-state index in [9.17, 15) is 13.2 Å². The van der Waals surface area contributed by atoms with Crippen molar-refractivity contribution in [2.24, 2.45) is 5.92 Å². The molecule has 1 unspecified atom stereocenters. The number of sulfonamides is 1. The molecular weight excluding hydrogens is 378 g/mol. The van der Waals surface area contributed by atoms with Crippen molar-refractivity contribution in [2.45, 2.75) is 31.6 Å². The highest BCUT2D eigenvalue weighted by atomic mass is 32.2. The Labute approximate surface area is 168 Å². The monoisotopic (exact) mass is 410 g/mol. The largest absolute Gasteiger partial charge is 0.494 e. The second-order valence-corrected chi connectivity index (χ2v) is 9.76. The van der Waals surface area contributed by atoms with Gasteiger partial charge in [-0.3, -0.25) is 4.79 Å². The number of nitrogens with one attached hydrogen (secondary N) is 1. The summed E-state index contributed by atoms with van der Waals surface area (Å²) in [6.07, 6.45) is 2.43. The number of carbonyl (C=O) groups excluding carboxylic acids is 1. The number of piperidine rings is 1. The number of amides is 1. The first kappa shape index (κ1) is 21.1. The van der Waals surface area contributed by atoms with E-state index in [2.05, 4.69) is 6.92 Å². The van der Waals surface area contributed by atoms with E-state index < -0.39 is 10.0 Å². The maximum Gasteiger partial charge on any atom is 0.277 e. The zero-order valence-corrected chi connectivity index (χ0v) is 17.7. The normalized spacial score (nSPS) is 24.1. The first-order chi connectivity index (χ1) is 13.4. The van der Waals surface area contributed by atoms with Crippen molar-refractivity contribution in [1.29, 1.82) is 0 Å². The quantitative estimate of drug-likeness (QED) is 0.729. The molecule has 156 valence electrons. The molecule has 0 aliphatic carbocycles. The lowest BCUT2D eigenvalue weighted by atomic mass is 10.0. The second kappa shape index (κ2) is 9.24. The van der Waals surface area contributed by atoms with Gasteiger partial charge < -0.3 is 14.5 Å². The fraction of sp³-hybridized carbons (Fsp3) is 0.650. The predicted molar refractivity (Wildman–Crippen MR) is 107 cm³/mol. The van der Waals surface area contributed by atoms with Crippen LogP contribution in [0.5, 0.6) is 5.75 Å². The zero-order chi connectivity index (χ0) is 20.1. The van der Waals surface area contributed by atoms with Gasteiger partial charge in [0.25, 0.3) is 5.91 Å². The molecule has 1 aromatic rings. The van der Waals surface area contributed by atoms with Crippen molar-refractivity contribution >= 4 is 15.9 Å². The van der Waals surface area contributed by atoms with E-state index in [0.717, 1.165) is 13.1 Å². The summed E-state index contributed by atoms with van der Waals surface area (Å²) in [7, 11) is -3.54. The molecule has 3 rings (SSSR count). The molecule has 2 aliphatic heterocycles. The highest BCUT2D eigenvalue weighted by Crippen LogP contribution is 2.21. The number of ether oxygens (including phenoxy) is 1. The van der Waals surface area contributed by atoms with Crippen molar-refractivity contribution < 1.29 is 22.8 Å². The number of likely N-dealkylation sites (tertiary alicyclic amines) is 1. The van der Waals surface area contributed by atoms with Gasteiger partial charge in [-0.15, -0.1) is 0 Å². The van der Waals surface area contributed by atoms with Gasteiger partial charge in [0.15, 0.2) is 6.54 Å². The summed E-state index contributed by atoms with van der Waals surface area (Å²) >= 11 is 0. The molecule has 1 aromatic carbocycles. The van der Waals surface area contributed by atoms with E-state index in [-0.39, 0.29) is 10.8 Å². The number of quaternary nitrogens is 1. The minimum absolute atomic E-state index is 0.141. The molecule has 28 heavy (non-hydrogen) atoms. The molecule has 1 N–H and O–H groups in total. The van der Waals surface area contributed by atoms with Gasteiger partial charge in [-0.1, -0.05) is 6.92 Å². The Hall–Kier alpha value is -1.64. The summed E-state index contributed by atoms with van der Waals surface area (Å²) in [5.74, 6) is 1.47. The molecule has 1 amide bonds. The van der Waals surface area contributed by atoms with Gasteiger partial charge in [0.2, 0.25) is 10.0 Å². The van der Waals surface area contributed by atoms with Crippen molar-refractivity contribution in [2.75, 3.05) is 52.4 Å². The van der Waals surface area contributed by atoms with Crippen LogP contribution in [-0.4, -0.2) is 76.0 Å². The summed E-state index contributed by atoms with van der Waals surface area (Å²) in [4.78, 5) is 16.1. The van der Waals surface area contributed by atoms with Crippen molar-refractivity contribution in [1.82, 2.24) is 9.21 Å². The molecule has 0 aromatic heterocycles. The van der Waals surface area contributed by atoms with Crippen LogP contribution in [0.2, 0.25) is 0 Å². The molecule has 0 radical (unpaired) electrons. The smallest absolute Gasteiger partial charge is 0.277 e. The van der Waals surface area contributed by atoms with E-state index in [0.29, 0.717) is 51.0 Å². The van der Waals surface area contributed by atoms with Gasteiger partial charge in [0.05, 0.1) is 24.6 Å². The lowest BCUT2D eigenvalue weighted by Crippen LogP contribution is -3.14. The minimum atomic E-state index is -3.54. The molecule has 8 heteroatoms. The average Bonchev–Trinajstić information content (AvgIpc) is 2.69. The second-order valence-electron chi connectivity index (χ2n) is 7.82. The van der Waals surface area contributed by atoms with E-state index in [1.165, 1.54) is 22.0 Å². The van der Waals surface area contributed by atoms with E-state index >= 15 is 0 Å². The Balaban J connectivity index is 1.54. The van der Waals surface area contributed by atoms with Crippen LogP contribution in [0.15, 0.2) is 29.2 Å². The summed E-state index contributed by atoms with van der Waals surface area (Å²) in [5.41, 5.74) is 0. The van der Waals surface area contributed by atoms with E-state index in [1.54, 1.807) is 24.3 Å². The molecule has 2 saturated heterocycles. The third kappa shape index (κ3) is 5.04. The number of hydrogen-bond donors (Lipinski definition) is 1. The lowest BCUT2D eigenvalue weighted by molar-refractivity contribution is -0.900. The Morgan fingerprint density at radius 1 is 1.18 bits per heavy atom. The number of hydrogen-bond acceptors (Lipinski definition) is 4. The molecule has 0 bridgehead atoms. The third-order valence-corrected chi connectivity index (χ3v) is 7.54. The lowest BCUT2D eigenvalue weighted by Gasteiger charge is -2.35. The van der Waals surface area contributed by atoms with E-state index in [1.807, 2.05) is 11.8 Å². The Kier molecular flexibility index (Phi) is 6.95. The molecule has 2 atom stereocenters. The first-order valence-electron chi connectivity index (χ1n) is 10.2. The third-order valence-electron chi connectivity index (χ3n) is 5.63. The number of piperazine rings is 1. The van der Waals surface area contributed by atoms with Crippen LogP contribution in [0, 0.1) is 5.92 Å². The molecule has 7 nitrogen and oxygen atoms in total. The summed E-state index contributed by atoms with van der Waals surface area (Å²) in [6, 6.07) is 6.52. The average molecular weight is 411 g/mol. The van der Waals surface area contributed by atoms with Gasteiger partial charge in [-0.05, 0) is 44.0 Å². The highest BCUT2D eigenvalue weighted by Gasteiger charge is 2.32. The molecule has 2 fully saturated rings. The van der Waals surface area contributed by atoms with E-state index in [4.69, 9.17) is 4.74 Å². The van der Waals surface area contributed by atoms with Crippen molar-refractivity contribution in [3.8, 4) is 5.75 Å². The molecule has 0 saturated carbocycles. The standard InChI is InChI=1S/C20H31N3O4S/c1-3-27-18-6-8-19(9-7-18)28(25,26)23-13-11-22(12-14-23)20(24)16-21-10-4-5-17(2)15-21/h6-9,17H,3-5,10-16H2,1-2H3/p+1/t17-/m0/s1. The van der Waals surface area contributed by atoms with Gasteiger partial charge in [-0.25, -0.2) is 8.42 Å². The Morgan fingerprint density at radius 2 is 1.86 bits per heavy atom. The maximum atomic E-state index is 12.9. The first-order valence-corrected chi connectivity index (χ1v) is 11.7. The van der Waals surface area contributed by atoms with Crippen LogP contribution in [0.3, 0.4) is 0 Å². The van der Waals surface area contributed by atoms with Crippen LogP contribution in [-0.2, 0) is 14.8 Å². The van der Waals surface area contributed by atoms with Gasteiger partial charge in [-0.2, -0.15) is 4.31 Å². The molecule has 0 spiro atoms. The zero-order valence-electron chi connectivity index (χ0n) is 16.9. The Bertz CT molecular complexity index is 758. The SMILES string of the molecule is CCOc1ccc(S(=O)(=O)N2CCN(C(=O)C[NH+]3CCC[C@H](C)C3)CC2)cc1. The summed E-state index contributed by atoms with van der Waals surface area (Å²) in [6.45, 7) is 8.90. The fourth-order valence-electron chi connectivity index (χ4n) is 4.09. The molecule has 2 aliphatic rings. The topological polar surface area (TPSA) is 71.4 Å². The van der Waals surface area contributed by atoms with Crippen LogP contribution < -0.4 is 9.64 Å². The minimum Gasteiger partial charge on any atom is -0.494 e. The van der Waals surface area contributed by atoms with Gasteiger partial charge in [0, 0.05) is 32.1 Å². The fourth-order valence-corrected chi connectivity index (χ4v) is 5.51. The maximum absolute atomic E-state index is 12.9. The van der Waals surface area contributed by atoms with Crippen LogP contribution in [0.25, 0.3) is 0 Å². The van der Waals surface area contributed by atoms with Gasteiger partial charge in [0.1, 0.15) is 5.75 Å². The van der Waals surface area contributed by atoms with Crippen LogP contribution >= 0.6 is 0 Å². The molecular formula is C20H32N3O4S+. The van der Waals surface area contributed by atoms with Gasteiger partial charge >= 0.3 is 0 Å². The Morgan fingerprint density at radius 3 is 2.46 bits per heavy atom. The summed E-state index contributed by atoms with van der Waals surface area (Å²) in [5, 5.41) is 0. The van der Waals surface area contributed by atoms with Crippen molar-refractivity contribution in [3.63, 3.8) is 0 Å². The summed E-state index contributed by atoms with van der Waals surface area (Å²) < 4.78 is 32.6. The highest BCUT2D eigenvalue weighted by molar-refractivity contribution is 7.89. The van der Waals surface area contributed by atoms with Crippen LogP contribution in [0.1, 0.15) is 26.7 Å². The van der Waals surface area contributed by atoms with Crippen LogP contribution in [0.4, 0.5) is 0 Å². The predicted octanol–water partition coefficient (Wildman–Crippen LogP) is 0.233. The number of rotatable bonds is 6. The molecule has 2 heterocycles.